The van der Waals surface area contributed by atoms with Gasteiger partial charge in [0.25, 0.3) is 0 Å². The van der Waals surface area contributed by atoms with Crippen LogP contribution in [-0.4, -0.2) is 45.4 Å². The number of rotatable bonds is 8. The molecular formula is C15H36N2Si2. The van der Waals surface area contributed by atoms with Gasteiger partial charge in [-0.1, -0.05) is 41.5 Å². The van der Waals surface area contributed by atoms with E-state index in [1.165, 1.54) is 56.0 Å². The van der Waals surface area contributed by atoms with Gasteiger partial charge < -0.3 is 9.13 Å². The molecule has 0 unspecified atom stereocenters. The zero-order valence-corrected chi connectivity index (χ0v) is 16.3. The lowest BCUT2D eigenvalue weighted by molar-refractivity contribution is 0.414. The van der Waals surface area contributed by atoms with E-state index in [0.29, 0.717) is 0 Å². The standard InChI is InChI=1S/C15H36N2Si2/c1-7-18(8-2,9-3)16-13-14-17(15-16)19(10-4,11-5)12-6/h7-15H2,1-6H3. The van der Waals surface area contributed by atoms with Gasteiger partial charge in [-0.25, -0.2) is 0 Å². The Morgan fingerprint density at radius 2 is 0.842 bits per heavy atom. The van der Waals surface area contributed by atoms with E-state index < -0.39 is 16.5 Å². The largest absolute Gasteiger partial charge is 0.310 e. The first-order valence-corrected chi connectivity index (χ1v) is 13.7. The molecule has 1 aliphatic heterocycles. The van der Waals surface area contributed by atoms with Gasteiger partial charge in [-0.3, -0.25) is 0 Å². The molecule has 1 heterocycles. The van der Waals surface area contributed by atoms with Gasteiger partial charge in [0.15, 0.2) is 0 Å². The fourth-order valence-corrected chi connectivity index (χ4v) is 12.1. The Bertz CT molecular complexity index is 220. The van der Waals surface area contributed by atoms with Crippen molar-refractivity contribution in [2.75, 3.05) is 19.8 Å². The molecule has 0 amide bonds. The third-order valence-corrected chi connectivity index (χ3v) is 17.6. The Kier molecular flexibility index (Phi) is 6.77. The molecule has 0 aromatic rings. The molecule has 0 aromatic carbocycles. The molecule has 4 heteroatoms. The lowest BCUT2D eigenvalue weighted by Gasteiger charge is -2.41. The van der Waals surface area contributed by atoms with E-state index in [-0.39, 0.29) is 0 Å². The van der Waals surface area contributed by atoms with Crippen molar-refractivity contribution < 1.29 is 0 Å². The van der Waals surface area contributed by atoms with E-state index in [0.717, 1.165) is 0 Å². The van der Waals surface area contributed by atoms with Crippen molar-refractivity contribution in [3.63, 3.8) is 0 Å². The van der Waals surface area contributed by atoms with Crippen LogP contribution in [0.3, 0.4) is 0 Å². The predicted molar refractivity (Wildman–Crippen MR) is 92.7 cm³/mol. The molecule has 0 N–H and O–H groups in total. The summed E-state index contributed by atoms with van der Waals surface area (Å²) in [5.41, 5.74) is 0. The lowest BCUT2D eigenvalue weighted by Crippen LogP contribution is -2.55. The first kappa shape index (κ1) is 17.4. The van der Waals surface area contributed by atoms with Crippen molar-refractivity contribution in [2.24, 2.45) is 0 Å². The molecule has 114 valence electrons. The normalized spacial score (nSPS) is 19.3. The van der Waals surface area contributed by atoms with Gasteiger partial charge in [-0.2, -0.15) is 0 Å². The molecule has 0 aliphatic carbocycles. The van der Waals surface area contributed by atoms with Crippen LogP contribution in [-0.2, 0) is 0 Å². The zero-order valence-electron chi connectivity index (χ0n) is 14.3. The second-order valence-electron chi connectivity index (χ2n) is 6.24. The van der Waals surface area contributed by atoms with E-state index in [4.69, 9.17) is 0 Å². The lowest BCUT2D eigenvalue weighted by atomic mass is 10.7. The average molecular weight is 301 g/mol. The minimum Gasteiger partial charge on any atom is -0.310 e. The molecule has 1 aliphatic rings. The Morgan fingerprint density at radius 1 is 0.579 bits per heavy atom. The molecule has 0 saturated carbocycles. The molecule has 0 radical (unpaired) electrons. The SMILES string of the molecule is CC[Si](CC)(CC)N1CCN([Si](CC)(CC)CC)C1. The predicted octanol–water partition coefficient (Wildman–Crippen LogP) is 4.57. The maximum atomic E-state index is 2.94. The average Bonchev–Trinajstić information content (AvgIpc) is 2.95. The van der Waals surface area contributed by atoms with Crippen LogP contribution in [0.2, 0.25) is 36.3 Å². The molecule has 1 fully saturated rings. The topological polar surface area (TPSA) is 6.48 Å². The van der Waals surface area contributed by atoms with E-state index >= 15 is 0 Å². The van der Waals surface area contributed by atoms with Gasteiger partial charge in [-0.05, 0) is 36.3 Å². The molecule has 2 nitrogen and oxygen atoms in total. The fraction of sp³-hybridized carbons (Fsp3) is 1.00. The summed E-state index contributed by atoms with van der Waals surface area (Å²) < 4.78 is 5.88. The van der Waals surface area contributed by atoms with Crippen LogP contribution in [0.5, 0.6) is 0 Å². The molecule has 0 spiro atoms. The van der Waals surface area contributed by atoms with E-state index in [9.17, 15) is 0 Å². The molecule has 0 bridgehead atoms. The highest BCUT2D eigenvalue weighted by atomic mass is 28.3. The van der Waals surface area contributed by atoms with Crippen LogP contribution in [0.4, 0.5) is 0 Å². The number of nitrogens with zero attached hydrogens (tertiary/aromatic N) is 2. The van der Waals surface area contributed by atoms with Crippen LogP contribution in [0.15, 0.2) is 0 Å². The van der Waals surface area contributed by atoms with Gasteiger partial charge in [0.1, 0.15) is 16.5 Å². The summed E-state index contributed by atoms with van der Waals surface area (Å²) in [7, 11) is -2.26. The summed E-state index contributed by atoms with van der Waals surface area (Å²) in [5.74, 6) is 0. The summed E-state index contributed by atoms with van der Waals surface area (Å²) in [6.45, 7) is 18.6. The van der Waals surface area contributed by atoms with Gasteiger partial charge in [0, 0.05) is 19.8 Å². The highest BCUT2D eigenvalue weighted by Gasteiger charge is 2.43. The zero-order chi connectivity index (χ0) is 14.5. The summed E-state index contributed by atoms with van der Waals surface area (Å²) in [4.78, 5) is 0. The maximum absolute atomic E-state index is 2.94. The van der Waals surface area contributed by atoms with Crippen molar-refractivity contribution >= 4 is 16.5 Å². The van der Waals surface area contributed by atoms with E-state index in [1.807, 2.05) is 0 Å². The second kappa shape index (κ2) is 7.39. The van der Waals surface area contributed by atoms with E-state index in [2.05, 4.69) is 50.7 Å². The fourth-order valence-electron chi connectivity index (χ4n) is 4.20. The van der Waals surface area contributed by atoms with Gasteiger partial charge >= 0.3 is 0 Å². The van der Waals surface area contributed by atoms with Crippen molar-refractivity contribution in [1.82, 2.24) is 9.13 Å². The van der Waals surface area contributed by atoms with Crippen LogP contribution < -0.4 is 0 Å². The summed E-state index contributed by atoms with van der Waals surface area (Å²) in [6, 6.07) is 8.62. The summed E-state index contributed by atoms with van der Waals surface area (Å²) >= 11 is 0. The third kappa shape index (κ3) is 3.17. The first-order valence-electron chi connectivity index (χ1n) is 8.58. The quantitative estimate of drug-likeness (QED) is 0.606. The van der Waals surface area contributed by atoms with Gasteiger partial charge in [0.2, 0.25) is 0 Å². The second-order valence-corrected chi connectivity index (χ2v) is 16.6. The van der Waals surface area contributed by atoms with Gasteiger partial charge in [-0.15, -0.1) is 0 Å². The molecule has 0 aromatic heterocycles. The Morgan fingerprint density at radius 3 is 1.05 bits per heavy atom. The molecule has 0 atom stereocenters. The van der Waals surface area contributed by atoms with Crippen LogP contribution in [0, 0.1) is 0 Å². The van der Waals surface area contributed by atoms with Crippen molar-refractivity contribution in [3.05, 3.63) is 0 Å². The third-order valence-electron chi connectivity index (χ3n) is 6.27. The highest BCUT2D eigenvalue weighted by molar-refractivity contribution is 6.78. The first-order chi connectivity index (χ1) is 9.07. The van der Waals surface area contributed by atoms with Gasteiger partial charge in [0.05, 0.1) is 0 Å². The number of hydrogen-bond acceptors (Lipinski definition) is 2. The minimum atomic E-state index is -1.13. The summed E-state index contributed by atoms with van der Waals surface area (Å²) in [5, 5.41) is 0. The number of hydrogen-bond donors (Lipinski definition) is 0. The highest BCUT2D eigenvalue weighted by Crippen LogP contribution is 2.32. The van der Waals surface area contributed by atoms with Crippen LogP contribution in [0.1, 0.15) is 41.5 Å². The molecule has 19 heavy (non-hydrogen) atoms. The molecular weight excluding hydrogens is 264 g/mol. The van der Waals surface area contributed by atoms with Crippen molar-refractivity contribution in [3.8, 4) is 0 Å². The smallest absolute Gasteiger partial charge is 0.128 e. The maximum Gasteiger partial charge on any atom is 0.128 e. The monoisotopic (exact) mass is 300 g/mol. The van der Waals surface area contributed by atoms with Crippen molar-refractivity contribution in [1.29, 1.82) is 0 Å². The Balaban J connectivity index is 2.82. The minimum absolute atomic E-state index is 1.13. The molecule has 1 rings (SSSR count). The van der Waals surface area contributed by atoms with Crippen LogP contribution in [0.25, 0.3) is 0 Å². The Labute approximate surface area is 123 Å². The van der Waals surface area contributed by atoms with E-state index in [1.54, 1.807) is 0 Å². The molecule has 1 saturated heterocycles. The van der Waals surface area contributed by atoms with Crippen LogP contribution >= 0.6 is 0 Å². The Hall–Kier alpha value is 0.354. The van der Waals surface area contributed by atoms with Crippen molar-refractivity contribution in [2.45, 2.75) is 77.8 Å². The summed E-state index contributed by atoms with van der Waals surface area (Å²) in [6.07, 6.45) is 0.